The molecule has 1 aliphatic rings. The van der Waals surface area contributed by atoms with Crippen LogP contribution >= 0.6 is 0 Å². The molecule has 2 rings (SSSR count). The van der Waals surface area contributed by atoms with Crippen LogP contribution in [0.2, 0.25) is 0 Å². The topological polar surface area (TPSA) is 51.4 Å². The van der Waals surface area contributed by atoms with Gasteiger partial charge in [0, 0.05) is 36.6 Å². The van der Waals surface area contributed by atoms with Crippen LogP contribution in [-0.2, 0) is 4.74 Å². The summed E-state index contributed by atoms with van der Waals surface area (Å²) in [5.41, 5.74) is 8.24. The van der Waals surface area contributed by atoms with E-state index in [0.29, 0.717) is 6.54 Å². The molecule has 0 amide bonds. The Morgan fingerprint density at radius 3 is 2.83 bits per heavy atom. The zero-order chi connectivity index (χ0) is 13.2. The summed E-state index contributed by atoms with van der Waals surface area (Å²) in [5, 5.41) is 0. The van der Waals surface area contributed by atoms with E-state index in [-0.39, 0.29) is 11.6 Å². The summed E-state index contributed by atoms with van der Waals surface area (Å²) in [7, 11) is 0. The average molecular weight is 249 g/mol. The third-order valence-electron chi connectivity index (χ3n) is 3.63. The number of aryl methyl sites for hydroxylation is 1. The smallest absolute Gasteiger partial charge is 0.0645 e. The molecule has 100 valence electrons. The first-order valence-corrected chi connectivity index (χ1v) is 6.52. The van der Waals surface area contributed by atoms with E-state index in [2.05, 4.69) is 29.8 Å². The number of morpholine rings is 1. The van der Waals surface area contributed by atoms with Crippen molar-refractivity contribution in [1.82, 2.24) is 9.88 Å². The molecule has 4 heteroatoms. The molecule has 1 fully saturated rings. The summed E-state index contributed by atoms with van der Waals surface area (Å²) in [6.07, 6.45) is 1.94. The van der Waals surface area contributed by atoms with Gasteiger partial charge in [0.15, 0.2) is 0 Å². The lowest BCUT2D eigenvalue weighted by atomic mass is 9.96. The highest BCUT2D eigenvalue weighted by molar-refractivity contribution is 5.18. The maximum atomic E-state index is 5.98. The molecular weight excluding hydrogens is 226 g/mol. The minimum absolute atomic E-state index is 0.0210. The second-order valence-corrected chi connectivity index (χ2v) is 5.54. The Morgan fingerprint density at radius 2 is 2.28 bits per heavy atom. The van der Waals surface area contributed by atoms with Gasteiger partial charge < -0.3 is 10.5 Å². The first-order chi connectivity index (χ1) is 8.54. The monoisotopic (exact) mass is 249 g/mol. The highest BCUT2D eigenvalue weighted by Crippen LogP contribution is 2.29. The van der Waals surface area contributed by atoms with Crippen molar-refractivity contribution in [2.75, 3.05) is 26.3 Å². The Balaban J connectivity index is 2.24. The molecular formula is C14H23N3O. The Bertz CT molecular complexity index is 389. The minimum atomic E-state index is 0.0210. The predicted octanol–water partition coefficient (Wildman–Crippen LogP) is 1.50. The van der Waals surface area contributed by atoms with Gasteiger partial charge >= 0.3 is 0 Å². The van der Waals surface area contributed by atoms with Crippen LogP contribution in [0.15, 0.2) is 18.3 Å². The molecule has 18 heavy (non-hydrogen) atoms. The van der Waals surface area contributed by atoms with E-state index in [1.807, 2.05) is 19.2 Å². The van der Waals surface area contributed by atoms with Gasteiger partial charge in [-0.3, -0.25) is 9.88 Å². The normalized spacial score (nSPS) is 21.8. The Kier molecular flexibility index (Phi) is 4.00. The molecule has 2 N–H and O–H groups in total. The zero-order valence-corrected chi connectivity index (χ0v) is 11.5. The van der Waals surface area contributed by atoms with Crippen LogP contribution in [0.3, 0.4) is 0 Å². The van der Waals surface area contributed by atoms with Crippen LogP contribution in [0, 0.1) is 6.92 Å². The number of nitrogens with zero attached hydrogens (tertiary/aromatic N) is 2. The number of hydrogen-bond donors (Lipinski definition) is 1. The van der Waals surface area contributed by atoms with E-state index < -0.39 is 0 Å². The predicted molar refractivity (Wildman–Crippen MR) is 72.4 cm³/mol. The quantitative estimate of drug-likeness (QED) is 0.882. The lowest BCUT2D eigenvalue weighted by Gasteiger charge is -2.46. The van der Waals surface area contributed by atoms with E-state index in [1.54, 1.807) is 0 Å². The lowest BCUT2D eigenvalue weighted by Crippen LogP contribution is -2.55. The molecule has 0 saturated carbocycles. The summed E-state index contributed by atoms with van der Waals surface area (Å²) in [4.78, 5) is 6.81. The molecule has 1 unspecified atom stereocenters. The van der Waals surface area contributed by atoms with Gasteiger partial charge in [-0.05, 0) is 32.4 Å². The third-order valence-corrected chi connectivity index (χ3v) is 3.63. The minimum Gasteiger partial charge on any atom is -0.378 e. The van der Waals surface area contributed by atoms with Crippen LogP contribution in [-0.4, -0.2) is 41.7 Å². The van der Waals surface area contributed by atoms with E-state index in [9.17, 15) is 0 Å². The van der Waals surface area contributed by atoms with Gasteiger partial charge in [-0.15, -0.1) is 0 Å². The average Bonchev–Trinajstić information content (AvgIpc) is 2.34. The van der Waals surface area contributed by atoms with Crippen molar-refractivity contribution in [2.45, 2.75) is 32.4 Å². The zero-order valence-electron chi connectivity index (χ0n) is 11.5. The highest BCUT2D eigenvalue weighted by atomic mass is 16.5. The summed E-state index contributed by atoms with van der Waals surface area (Å²) in [6.45, 7) is 9.46. The van der Waals surface area contributed by atoms with Gasteiger partial charge in [-0.1, -0.05) is 6.07 Å². The van der Waals surface area contributed by atoms with Crippen LogP contribution in [0.4, 0.5) is 0 Å². The second-order valence-electron chi connectivity index (χ2n) is 5.54. The number of hydrogen-bond acceptors (Lipinski definition) is 4. The van der Waals surface area contributed by atoms with Gasteiger partial charge in [0.2, 0.25) is 0 Å². The van der Waals surface area contributed by atoms with Crippen molar-refractivity contribution in [3.05, 3.63) is 29.6 Å². The van der Waals surface area contributed by atoms with E-state index in [0.717, 1.165) is 25.5 Å². The van der Waals surface area contributed by atoms with E-state index >= 15 is 0 Å². The van der Waals surface area contributed by atoms with Crippen molar-refractivity contribution in [3.8, 4) is 0 Å². The van der Waals surface area contributed by atoms with Crippen molar-refractivity contribution >= 4 is 0 Å². The van der Waals surface area contributed by atoms with Crippen molar-refractivity contribution in [3.63, 3.8) is 0 Å². The van der Waals surface area contributed by atoms with Crippen LogP contribution in [0.25, 0.3) is 0 Å². The fourth-order valence-electron chi connectivity index (χ4n) is 2.57. The maximum Gasteiger partial charge on any atom is 0.0645 e. The number of aromatic nitrogens is 1. The standard InChI is InChI=1S/C14H23N3O/c1-11-4-5-12(9-16-11)13(8-15)17-6-7-18-10-14(17,2)3/h4-5,9,13H,6-8,10,15H2,1-3H3. The van der Waals surface area contributed by atoms with Gasteiger partial charge in [-0.25, -0.2) is 0 Å². The van der Waals surface area contributed by atoms with Crippen molar-refractivity contribution in [2.24, 2.45) is 5.73 Å². The third kappa shape index (κ3) is 2.71. The van der Waals surface area contributed by atoms with E-state index in [1.165, 1.54) is 5.56 Å². The van der Waals surface area contributed by atoms with Gasteiger partial charge in [0.05, 0.1) is 13.2 Å². The number of nitrogens with two attached hydrogens (primary N) is 1. The summed E-state index contributed by atoms with van der Waals surface area (Å²) >= 11 is 0. The molecule has 0 radical (unpaired) electrons. The first-order valence-electron chi connectivity index (χ1n) is 6.52. The number of pyridine rings is 1. The Hall–Kier alpha value is -0.970. The van der Waals surface area contributed by atoms with Gasteiger partial charge in [0.25, 0.3) is 0 Å². The summed E-state index contributed by atoms with van der Waals surface area (Å²) < 4.78 is 5.57. The van der Waals surface area contributed by atoms with Crippen LogP contribution in [0.1, 0.15) is 31.1 Å². The Labute approximate surface area is 109 Å². The van der Waals surface area contributed by atoms with E-state index in [4.69, 9.17) is 10.5 Å². The molecule has 1 aliphatic heterocycles. The molecule has 0 bridgehead atoms. The fourth-order valence-corrected chi connectivity index (χ4v) is 2.57. The molecule has 0 aromatic carbocycles. The molecule has 2 heterocycles. The van der Waals surface area contributed by atoms with Gasteiger partial charge in [0.1, 0.15) is 0 Å². The fraction of sp³-hybridized carbons (Fsp3) is 0.643. The largest absolute Gasteiger partial charge is 0.378 e. The summed E-state index contributed by atoms with van der Waals surface area (Å²) in [6, 6.07) is 4.40. The molecule has 1 aromatic heterocycles. The first kappa shape index (κ1) is 13.5. The lowest BCUT2D eigenvalue weighted by molar-refractivity contribution is -0.0713. The number of rotatable bonds is 3. The maximum absolute atomic E-state index is 5.98. The van der Waals surface area contributed by atoms with Crippen LogP contribution in [0.5, 0.6) is 0 Å². The van der Waals surface area contributed by atoms with Gasteiger partial charge in [-0.2, -0.15) is 0 Å². The molecule has 4 nitrogen and oxygen atoms in total. The second kappa shape index (κ2) is 5.34. The molecule has 1 saturated heterocycles. The molecule has 0 spiro atoms. The molecule has 1 atom stereocenters. The SMILES string of the molecule is Cc1ccc(C(CN)N2CCOCC2(C)C)cn1. The highest BCUT2D eigenvalue weighted by Gasteiger charge is 2.35. The molecule has 1 aromatic rings. The number of ether oxygens (including phenoxy) is 1. The Morgan fingerprint density at radius 1 is 1.50 bits per heavy atom. The molecule has 0 aliphatic carbocycles. The van der Waals surface area contributed by atoms with Crippen molar-refractivity contribution in [1.29, 1.82) is 0 Å². The van der Waals surface area contributed by atoms with Crippen molar-refractivity contribution < 1.29 is 4.74 Å². The summed E-state index contributed by atoms with van der Waals surface area (Å²) in [5.74, 6) is 0. The van der Waals surface area contributed by atoms with Crippen LogP contribution < -0.4 is 5.73 Å².